The summed E-state index contributed by atoms with van der Waals surface area (Å²) in [5.41, 5.74) is 0.927. The van der Waals surface area contributed by atoms with Crippen molar-refractivity contribution in [1.29, 1.82) is 0 Å². The Hall–Kier alpha value is -2.77. The average molecular weight is 361 g/mol. The first-order valence-electron chi connectivity index (χ1n) is 7.99. The van der Waals surface area contributed by atoms with E-state index in [9.17, 15) is 24.2 Å². The monoisotopic (exact) mass is 361 g/mol. The number of rotatable bonds is 7. The predicted molar refractivity (Wildman–Crippen MR) is 92.1 cm³/mol. The second-order valence-electron chi connectivity index (χ2n) is 5.76. The number of benzene rings is 2. The van der Waals surface area contributed by atoms with Gasteiger partial charge in [-0.15, -0.1) is 0 Å². The lowest BCUT2D eigenvalue weighted by Crippen LogP contribution is -2.36. The van der Waals surface area contributed by atoms with E-state index in [1.165, 1.54) is 6.07 Å². The Morgan fingerprint density at radius 1 is 1.23 bits per heavy atom. The molecule has 26 heavy (non-hydrogen) atoms. The second kappa shape index (κ2) is 9.07. The Morgan fingerprint density at radius 3 is 2.58 bits per heavy atom. The molecule has 0 radical (unpaired) electrons. The summed E-state index contributed by atoms with van der Waals surface area (Å²) in [5.74, 6) is -0.790. The lowest BCUT2D eigenvalue weighted by atomic mass is 9.94. The van der Waals surface area contributed by atoms with Gasteiger partial charge in [-0.05, 0) is 29.7 Å². The maximum Gasteiger partial charge on any atom is 0.407 e. The first kappa shape index (κ1) is 19.6. The normalized spacial score (nSPS) is 12.9. The van der Waals surface area contributed by atoms with Crippen LogP contribution in [0.3, 0.4) is 0 Å². The Kier molecular flexibility index (Phi) is 6.82. The van der Waals surface area contributed by atoms with Crippen molar-refractivity contribution in [2.24, 2.45) is 0 Å². The summed E-state index contributed by atoms with van der Waals surface area (Å²) in [6.45, 7) is 1.31. The van der Waals surface area contributed by atoms with Gasteiger partial charge in [0.15, 0.2) is 6.29 Å². The van der Waals surface area contributed by atoms with E-state index in [0.29, 0.717) is 5.56 Å². The molecular formula is C19H20FNO5. The third-order valence-corrected chi connectivity index (χ3v) is 3.90. The quantitative estimate of drug-likeness (QED) is 0.658. The SMILES string of the molecule is Cc1ccc(F)c(C=O)c1C(O)C(O)CNC(=O)OCc1ccccc1. The van der Waals surface area contributed by atoms with E-state index in [2.05, 4.69) is 5.32 Å². The number of alkyl carbamates (subject to hydrolysis) is 1. The molecule has 0 saturated heterocycles. The third-order valence-electron chi connectivity index (χ3n) is 3.90. The fourth-order valence-corrected chi connectivity index (χ4v) is 2.50. The summed E-state index contributed by atoms with van der Waals surface area (Å²) < 4.78 is 18.7. The van der Waals surface area contributed by atoms with E-state index in [4.69, 9.17) is 4.74 Å². The van der Waals surface area contributed by atoms with Crippen molar-refractivity contribution in [1.82, 2.24) is 5.32 Å². The minimum absolute atomic E-state index is 0.00745. The van der Waals surface area contributed by atoms with Crippen molar-refractivity contribution in [3.8, 4) is 0 Å². The minimum Gasteiger partial charge on any atom is -0.445 e. The van der Waals surface area contributed by atoms with Gasteiger partial charge in [-0.2, -0.15) is 0 Å². The van der Waals surface area contributed by atoms with Gasteiger partial charge in [0.05, 0.1) is 5.56 Å². The molecule has 6 nitrogen and oxygen atoms in total. The predicted octanol–water partition coefficient (Wildman–Crippen LogP) is 2.27. The standard InChI is InChI=1S/C19H20FNO5/c1-12-7-8-15(20)14(10-22)17(12)18(24)16(23)9-21-19(25)26-11-13-5-3-2-4-6-13/h2-8,10,16,18,23-24H,9,11H2,1H3,(H,21,25). The van der Waals surface area contributed by atoms with E-state index in [1.807, 2.05) is 18.2 Å². The van der Waals surface area contributed by atoms with Crippen molar-refractivity contribution in [2.75, 3.05) is 6.54 Å². The summed E-state index contributed by atoms with van der Waals surface area (Å²) in [6.07, 6.45) is -3.47. The molecule has 0 saturated carbocycles. The Morgan fingerprint density at radius 2 is 1.92 bits per heavy atom. The summed E-state index contributed by atoms with van der Waals surface area (Å²) in [6, 6.07) is 11.5. The molecule has 2 unspecified atom stereocenters. The molecule has 0 aliphatic carbocycles. The van der Waals surface area contributed by atoms with Crippen LogP contribution in [-0.4, -0.2) is 35.2 Å². The Labute approximate surface area is 150 Å². The van der Waals surface area contributed by atoms with Crippen LogP contribution in [-0.2, 0) is 11.3 Å². The largest absolute Gasteiger partial charge is 0.445 e. The molecule has 7 heteroatoms. The molecule has 3 N–H and O–H groups in total. The maximum absolute atomic E-state index is 13.7. The van der Waals surface area contributed by atoms with Crippen molar-refractivity contribution in [3.63, 3.8) is 0 Å². The molecule has 0 aliphatic heterocycles. The number of aldehydes is 1. The van der Waals surface area contributed by atoms with E-state index >= 15 is 0 Å². The first-order chi connectivity index (χ1) is 12.4. The zero-order valence-electron chi connectivity index (χ0n) is 14.2. The molecule has 0 spiro atoms. The summed E-state index contributed by atoms with van der Waals surface area (Å²) >= 11 is 0. The van der Waals surface area contributed by atoms with Gasteiger partial charge in [-0.25, -0.2) is 9.18 Å². The van der Waals surface area contributed by atoms with Crippen LogP contribution >= 0.6 is 0 Å². The van der Waals surface area contributed by atoms with Gasteiger partial charge >= 0.3 is 6.09 Å². The van der Waals surface area contributed by atoms with E-state index < -0.39 is 24.1 Å². The minimum atomic E-state index is -1.54. The highest BCUT2D eigenvalue weighted by Crippen LogP contribution is 2.26. The van der Waals surface area contributed by atoms with Gasteiger partial charge < -0.3 is 20.3 Å². The molecule has 1 amide bonds. The number of carbonyl (C=O) groups excluding carboxylic acids is 2. The van der Waals surface area contributed by atoms with Crippen LogP contribution < -0.4 is 5.32 Å². The number of nitrogens with one attached hydrogen (secondary N) is 1. The topological polar surface area (TPSA) is 95.9 Å². The maximum atomic E-state index is 13.7. The number of aliphatic hydroxyl groups is 2. The highest BCUT2D eigenvalue weighted by molar-refractivity contribution is 5.78. The highest BCUT2D eigenvalue weighted by Gasteiger charge is 2.25. The molecule has 2 atom stereocenters. The van der Waals surface area contributed by atoms with Crippen LogP contribution in [0.4, 0.5) is 9.18 Å². The van der Waals surface area contributed by atoms with Crippen LogP contribution in [0.2, 0.25) is 0 Å². The zero-order valence-corrected chi connectivity index (χ0v) is 14.2. The molecule has 2 aromatic carbocycles. The number of ether oxygens (including phenoxy) is 1. The lowest BCUT2D eigenvalue weighted by Gasteiger charge is -2.21. The zero-order chi connectivity index (χ0) is 19.1. The number of halogens is 1. The van der Waals surface area contributed by atoms with Gasteiger partial charge in [0.1, 0.15) is 24.6 Å². The van der Waals surface area contributed by atoms with E-state index in [-0.39, 0.29) is 30.6 Å². The van der Waals surface area contributed by atoms with Crippen molar-refractivity contribution in [3.05, 3.63) is 70.5 Å². The fourth-order valence-electron chi connectivity index (χ4n) is 2.50. The Balaban J connectivity index is 1.93. The molecular weight excluding hydrogens is 341 g/mol. The van der Waals surface area contributed by atoms with Crippen LogP contribution in [0.5, 0.6) is 0 Å². The average Bonchev–Trinajstić information content (AvgIpc) is 2.66. The van der Waals surface area contributed by atoms with Gasteiger partial charge in [0.2, 0.25) is 0 Å². The van der Waals surface area contributed by atoms with Crippen LogP contribution in [0, 0.1) is 12.7 Å². The third kappa shape index (κ3) is 4.87. The number of hydrogen-bond donors (Lipinski definition) is 3. The highest BCUT2D eigenvalue weighted by atomic mass is 19.1. The van der Waals surface area contributed by atoms with Gasteiger partial charge in [-0.3, -0.25) is 4.79 Å². The van der Waals surface area contributed by atoms with Gasteiger partial charge in [-0.1, -0.05) is 36.4 Å². The summed E-state index contributed by atoms with van der Waals surface area (Å²) in [5, 5.41) is 22.7. The molecule has 2 rings (SSSR count). The van der Waals surface area contributed by atoms with E-state index in [1.54, 1.807) is 19.1 Å². The number of carbonyl (C=O) groups is 2. The number of aryl methyl sites for hydroxylation is 1. The molecule has 0 aliphatic rings. The molecule has 138 valence electrons. The smallest absolute Gasteiger partial charge is 0.407 e. The number of amides is 1. The molecule has 0 bridgehead atoms. The lowest BCUT2D eigenvalue weighted by molar-refractivity contribution is 0.0175. The van der Waals surface area contributed by atoms with Crippen molar-refractivity contribution < 1.29 is 28.9 Å². The number of hydrogen-bond acceptors (Lipinski definition) is 5. The van der Waals surface area contributed by atoms with Crippen LogP contribution in [0.15, 0.2) is 42.5 Å². The molecule has 2 aromatic rings. The van der Waals surface area contributed by atoms with Crippen molar-refractivity contribution in [2.45, 2.75) is 25.7 Å². The molecule has 0 heterocycles. The first-order valence-corrected chi connectivity index (χ1v) is 7.99. The second-order valence-corrected chi connectivity index (χ2v) is 5.76. The summed E-state index contributed by atoms with van der Waals surface area (Å²) in [4.78, 5) is 22.8. The number of aliphatic hydroxyl groups excluding tert-OH is 2. The van der Waals surface area contributed by atoms with Crippen LogP contribution in [0.25, 0.3) is 0 Å². The van der Waals surface area contributed by atoms with Gasteiger partial charge in [0.25, 0.3) is 0 Å². The van der Waals surface area contributed by atoms with Crippen molar-refractivity contribution >= 4 is 12.4 Å². The van der Waals surface area contributed by atoms with Crippen LogP contribution in [0.1, 0.15) is 33.2 Å². The van der Waals surface area contributed by atoms with Gasteiger partial charge in [0, 0.05) is 6.54 Å². The Bertz CT molecular complexity index is 766. The summed E-state index contributed by atoms with van der Waals surface area (Å²) in [7, 11) is 0. The fraction of sp³-hybridized carbons (Fsp3) is 0.263. The molecule has 0 aromatic heterocycles. The molecule has 0 fully saturated rings. The van der Waals surface area contributed by atoms with E-state index in [0.717, 1.165) is 11.6 Å².